The SMILES string of the molecule is BrCc1ccccc1-c1ccccc1.CCCCCCCCOC(=O)c1ccccc1C(=O)OCCCCCCCC. The van der Waals surface area contributed by atoms with Crippen LogP contribution in [0.15, 0.2) is 78.9 Å². The summed E-state index contributed by atoms with van der Waals surface area (Å²) in [5, 5.41) is 0.901. The summed E-state index contributed by atoms with van der Waals surface area (Å²) < 4.78 is 10.7. The molecule has 0 radical (unpaired) electrons. The van der Waals surface area contributed by atoms with Crippen molar-refractivity contribution in [1.82, 2.24) is 0 Å². The Morgan fingerprint density at radius 1 is 0.548 bits per heavy atom. The smallest absolute Gasteiger partial charge is 0.339 e. The number of hydrogen-bond donors (Lipinski definition) is 0. The van der Waals surface area contributed by atoms with Crippen molar-refractivity contribution >= 4 is 27.9 Å². The predicted molar refractivity (Wildman–Crippen MR) is 178 cm³/mol. The van der Waals surface area contributed by atoms with Crippen LogP contribution in [0.5, 0.6) is 0 Å². The van der Waals surface area contributed by atoms with E-state index in [-0.39, 0.29) is 0 Å². The summed E-state index contributed by atoms with van der Waals surface area (Å²) in [6.07, 6.45) is 13.6. The minimum absolute atomic E-state index is 0.293. The number of ether oxygens (including phenoxy) is 2. The van der Waals surface area contributed by atoms with Crippen molar-refractivity contribution in [3.63, 3.8) is 0 Å². The van der Waals surface area contributed by atoms with E-state index in [1.807, 2.05) is 6.07 Å². The van der Waals surface area contributed by atoms with Crippen LogP contribution in [0.3, 0.4) is 0 Å². The molecule has 3 aromatic rings. The number of carbonyl (C=O) groups is 2. The lowest BCUT2D eigenvalue weighted by Gasteiger charge is -2.10. The van der Waals surface area contributed by atoms with Crippen molar-refractivity contribution < 1.29 is 19.1 Å². The zero-order chi connectivity index (χ0) is 30.3. The Morgan fingerprint density at radius 3 is 1.48 bits per heavy atom. The summed E-state index contributed by atoms with van der Waals surface area (Å²) in [6.45, 7) is 5.17. The third-order valence-corrected chi connectivity index (χ3v) is 7.68. The summed E-state index contributed by atoms with van der Waals surface area (Å²) in [7, 11) is 0. The van der Waals surface area contributed by atoms with E-state index >= 15 is 0 Å². The van der Waals surface area contributed by atoms with Gasteiger partial charge in [-0.2, -0.15) is 0 Å². The minimum atomic E-state index is -0.444. The lowest BCUT2D eigenvalue weighted by molar-refractivity contribution is 0.0450. The zero-order valence-corrected chi connectivity index (χ0v) is 27.2. The van der Waals surface area contributed by atoms with Crippen LogP contribution in [-0.2, 0) is 14.8 Å². The first kappa shape index (κ1) is 35.3. The van der Waals surface area contributed by atoms with E-state index < -0.39 is 11.9 Å². The maximum absolute atomic E-state index is 12.4. The second-order valence-corrected chi connectivity index (χ2v) is 11.1. The second kappa shape index (κ2) is 22.6. The molecule has 228 valence electrons. The molecule has 0 aliphatic rings. The van der Waals surface area contributed by atoms with Crippen LogP contribution in [0.2, 0.25) is 0 Å². The Labute approximate surface area is 262 Å². The number of hydrogen-bond acceptors (Lipinski definition) is 4. The Balaban J connectivity index is 0.000000363. The number of esters is 2. The monoisotopic (exact) mass is 636 g/mol. The van der Waals surface area contributed by atoms with Gasteiger partial charge >= 0.3 is 11.9 Å². The van der Waals surface area contributed by atoms with Gasteiger partial charge < -0.3 is 9.47 Å². The van der Waals surface area contributed by atoms with Gasteiger partial charge in [0.05, 0.1) is 24.3 Å². The van der Waals surface area contributed by atoms with Crippen molar-refractivity contribution in [2.75, 3.05) is 13.2 Å². The molecule has 0 saturated heterocycles. The molecule has 0 saturated carbocycles. The third kappa shape index (κ3) is 13.8. The van der Waals surface area contributed by atoms with Crippen molar-refractivity contribution in [1.29, 1.82) is 0 Å². The minimum Gasteiger partial charge on any atom is -0.462 e. The highest BCUT2D eigenvalue weighted by molar-refractivity contribution is 9.08. The Bertz CT molecular complexity index is 1100. The standard InChI is InChI=1S/C24H38O4.C13H11Br/c1-3-5-7-9-11-15-19-27-23(25)21-17-13-14-18-22(21)24(26)28-20-16-12-10-8-6-4-2;14-10-12-8-4-5-9-13(12)11-6-2-1-3-7-11/h13-14,17-18H,3-12,15-16,19-20H2,1-2H3;1-9H,10H2. The third-order valence-electron chi connectivity index (χ3n) is 7.08. The molecule has 0 heterocycles. The first-order chi connectivity index (χ1) is 20.6. The average molecular weight is 638 g/mol. The Kier molecular flexibility index (Phi) is 19.0. The maximum atomic E-state index is 12.4. The van der Waals surface area contributed by atoms with Gasteiger partial charge in [0, 0.05) is 5.33 Å². The highest BCUT2D eigenvalue weighted by Crippen LogP contribution is 2.24. The quantitative estimate of drug-likeness (QED) is 0.0791. The van der Waals surface area contributed by atoms with Crippen LogP contribution in [-0.4, -0.2) is 25.2 Å². The molecule has 0 aliphatic carbocycles. The van der Waals surface area contributed by atoms with Gasteiger partial charge in [-0.3, -0.25) is 0 Å². The van der Waals surface area contributed by atoms with Gasteiger partial charge in [0.1, 0.15) is 0 Å². The molecular weight excluding hydrogens is 588 g/mol. The van der Waals surface area contributed by atoms with Crippen molar-refractivity contribution in [2.24, 2.45) is 0 Å². The van der Waals surface area contributed by atoms with E-state index in [1.165, 1.54) is 68.1 Å². The van der Waals surface area contributed by atoms with Crippen LogP contribution in [0.1, 0.15) is 117 Å². The first-order valence-corrected chi connectivity index (χ1v) is 16.9. The summed E-state index contributed by atoms with van der Waals surface area (Å²) in [5.74, 6) is -0.888. The largest absolute Gasteiger partial charge is 0.462 e. The van der Waals surface area contributed by atoms with Crippen molar-refractivity contribution in [3.8, 4) is 11.1 Å². The fraction of sp³-hybridized carbons (Fsp3) is 0.459. The molecule has 0 atom stereocenters. The number of benzene rings is 3. The number of rotatable bonds is 18. The van der Waals surface area contributed by atoms with E-state index in [2.05, 4.69) is 78.3 Å². The number of halogens is 1. The molecular formula is C37H49BrO4. The van der Waals surface area contributed by atoms with E-state index in [0.29, 0.717) is 24.3 Å². The summed E-state index contributed by atoms with van der Waals surface area (Å²) in [6, 6.07) is 25.7. The molecule has 0 aliphatic heterocycles. The molecule has 5 heteroatoms. The topological polar surface area (TPSA) is 52.6 Å². The Hall–Kier alpha value is -2.92. The normalized spacial score (nSPS) is 10.5. The van der Waals surface area contributed by atoms with E-state index in [9.17, 15) is 9.59 Å². The summed E-state index contributed by atoms with van der Waals surface area (Å²) in [5.41, 5.74) is 4.51. The second-order valence-electron chi connectivity index (χ2n) is 10.5. The highest BCUT2D eigenvalue weighted by Gasteiger charge is 2.18. The number of alkyl halides is 1. The lowest BCUT2D eigenvalue weighted by atomic mass is 10.0. The first-order valence-electron chi connectivity index (χ1n) is 15.7. The van der Waals surface area contributed by atoms with Crippen molar-refractivity contribution in [2.45, 2.75) is 96.2 Å². The van der Waals surface area contributed by atoms with E-state index in [0.717, 1.165) is 31.0 Å². The Morgan fingerprint density at radius 2 is 0.976 bits per heavy atom. The molecule has 4 nitrogen and oxygen atoms in total. The molecule has 0 N–H and O–H groups in total. The average Bonchev–Trinajstić information content (AvgIpc) is 3.04. The molecule has 0 spiro atoms. The van der Waals surface area contributed by atoms with Gasteiger partial charge in [-0.25, -0.2) is 9.59 Å². The zero-order valence-electron chi connectivity index (χ0n) is 25.6. The molecule has 3 aromatic carbocycles. The molecule has 0 fully saturated rings. The van der Waals surface area contributed by atoms with Gasteiger partial charge in [0.25, 0.3) is 0 Å². The molecule has 0 amide bonds. The highest BCUT2D eigenvalue weighted by atomic mass is 79.9. The van der Waals surface area contributed by atoms with Crippen LogP contribution < -0.4 is 0 Å². The van der Waals surface area contributed by atoms with Crippen LogP contribution in [0.25, 0.3) is 11.1 Å². The van der Waals surface area contributed by atoms with Crippen LogP contribution in [0, 0.1) is 0 Å². The maximum Gasteiger partial charge on any atom is 0.339 e. The number of carbonyl (C=O) groups excluding carboxylic acids is 2. The van der Waals surface area contributed by atoms with Crippen molar-refractivity contribution in [3.05, 3.63) is 95.6 Å². The van der Waals surface area contributed by atoms with Gasteiger partial charge in [-0.05, 0) is 41.7 Å². The molecule has 3 rings (SSSR count). The number of unbranched alkanes of at least 4 members (excludes halogenated alkanes) is 10. The molecule has 0 aromatic heterocycles. The molecule has 0 bridgehead atoms. The van der Waals surface area contributed by atoms with Gasteiger partial charge in [-0.15, -0.1) is 0 Å². The molecule has 42 heavy (non-hydrogen) atoms. The fourth-order valence-electron chi connectivity index (χ4n) is 4.63. The summed E-state index contributed by atoms with van der Waals surface area (Å²) in [4.78, 5) is 24.7. The van der Waals surface area contributed by atoms with Gasteiger partial charge in [-0.1, -0.05) is 161 Å². The summed E-state index contributed by atoms with van der Waals surface area (Å²) >= 11 is 3.51. The van der Waals surface area contributed by atoms with E-state index in [4.69, 9.17) is 9.47 Å². The van der Waals surface area contributed by atoms with Gasteiger partial charge in [0.15, 0.2) is 0 Å². The van der Waals surface area contributed by atoms with Crippen LogP contribution in [0.4, 0.5) is 0 Å². The lowest BCUT2D eigenvalue weighted by Crippen LogP contribution is -2.15. The fourth-order valence-corrected chi connectivity index (χ4v) is 5.11. The van der Waals surface area contributed by atoms with Gasteiger partial charge in [0.2, 0.25) is 0 Å². The molecule has 0 unspecified atom stereocenters. The van der Waals surface area contributed by atoms with E-state index in [1.54, 1.807) is 24.3 Å². The van der Waals surface area contributed by atoms with Crippen LogP contribution >= 0.6 is 15.9 Å². The predicted octanol–water partition coefficient (Wildman–Crippen LogP) is 11.0.